The highest BCUT2D eigenvalue weighted by Crippen LogP contribution is 2.21. The number of nitrogens with one attached hydrogen (secondary N) is 2. The average Bonchev–Trinajstić information content (AvgIpc) is 3.20. The van der Waals surface area contributed by atoms with E-state index in [4.69, 9.17) is 0 Å². The Hall–Kier alpha value is -2.54. The van der Waals surface area contributed by atoms with Crippen molar-refractivity contribution >= 4 is 17.2 Å². The summed E-state index contributed by atoms with van der Waals surface area (Å²) in [5.41, 5.74) is 4.24. The predicted octanol–water partition coefficient (Wildman–Crippen LogP) is 2.96. The van der Waals surface area contributed by atoms with Gasteiger partial charge in [-0.25, -0.2) is 9.97 Å². The van der Waals surface area contributed by atoms with Crippen LogP contribution in [-0.4, -0.2) is 26.1 Å². The quantitative estimate of drug-likeness (QED) is 0.747. The summed E-state index contributed by atoms with van der Waals surface area (Å²) in [5.74, 6) is 0.577. The van der Waals surface area contributed by atoms with E-state index < -0.39 is 0 Å². The molecule has 0 fully saturated rings. The summed E-state index contributed by atoms with van der Waals surface area (Å²) in [6.45, 7) is 6.11. The van der Waals surface area contributed by atoms with Crippen molar-refractivity contribution in [2.75, 3.05) is 0 Å². The minimum atomic E-state index is -0.0437. The van der Waals surface area contributed by atoms with Crippen molar-refractivity contribution in [3.05, 3.63) is 52.3 Å². The van der Waals surface area contributed by atoms with Crippen LogP contribution in [0.2, 0.25) is 0 Å². The number of hydrogen-bond donors (Lipinski definition) is 2. The zero-order valence-corrected chi connectivity index (χ0v) is 14.6. The molecule has 0 radical (unpaired) electrons. The number of thiazole rings is 1. The van der Waals surface area contributed by atoms with Gasteiger partial charge >= 0.3 is 0 Å². The third-order valence-corrected chi connectivity index (χ3v) is 4.69. The maximum absolute atomic E-state index is 12.3. The van der Waals surface area contributed by atoms with Crippen molar-refractivity contribution in [2.24, 2.45) is 0 Å². The van der Waals surface area contributed by atoms with Gasteiger partial charge in [0, 0.05) is 5.38 Å². The van der Waals surface area contributed by atoms with Crippen molar-refractivity contribution in [1.29, 1.82) is 0 Å². The van der Waals surface area contributed by atoms with Gasteiger partial charge in [0.05, 0.1) is 18.2 Å². The zero-order chi connectivity index (χ0) is 17.1. The summed E-state index contributed by atoms with van der Waals surface area (Å²) in [4.78, 5) is 20.8. The van der Waals surface area contributed by atoms with Gasteiger partial charge in [0.25, 0.3) is 0 Å². The van der Waals surface area contributed by atoms with E-state index in [0.717, 1.165) is 16.3 Å². The maximum atomic E-state index is 12.3. The minimum Gasteiger partial charge on any atom is -0.349 e. The van der Waals surface area contributed by atoms with Crippen LogP contribution in [-0.2, 0) is 11.2 Å². The van der Waals surface area contributed by atoms with Crippen LogP contribution in [0.3, 0.4) is 0 Å². The molecule has 0 aliphatic rings. The normalized spacial score (nSPS) is 12.1. The van der Waals surface area contributed by atoms with Gasteiger partial charge in [-0.05, 0) is 31.9 Å². The summed E-state index contributed by atoms with van der Waals surface area (Å²) < 4.78 is 0. The lowest BCUT2D eigenvalue weighted by Crippen LogP contribution is -2.28. The monoisotopic (exact) mass is 341 g/mol. The van der Waals surface area contributed by atoms with Crippen molar-refractivity contribution in [3.8, 4) is 10.8 Å². The maximum Gasteiger partial charge on any atom is 0.226 e. The lowest BCUT2D eigenvalue weighted by molar-refractivity contribution is -0.121. The van der Waals surface area contributed by atoms with Gasteiger partial charge in [0.2, 0.25) is 5.91 Å². The molecule has 0 bridgehead atoms. The van der Waals surface area contributed by atoms with Crippen LogP contribution in [0.1, 0.15) is 35.3 Å². The van der Waals surface area contributed by atoms with Crippen LogP contribution in [0, 0.1) is 13.8 Å². The van der Waals surface area contributed by atoms with E-state index in [-0.39, 0.29) is 18.4 Å². The fourth-order valence-electron chi connectivity index (χ4n) is 2.57. The van der Waals surface area contributed by atoms with Gasteiger partial charge in [-0.15, -0.1) is 11.3 Å². The Morgan fingerprint density at radius 1 is 1.38 bits per heavy atom. The minimum absolute atomic E-state index is 0.0372. The van der Waals surface area contributed by atoms with Crippen molar-refractivity contribution < 1.29 is 4.79 Å². The van der Waals surface area contributed by atoms with E-state index in [2.05, 4.69) is 57.5 Å². The Labute approximate surface area is 144 Å². The molecule has 2 N–H and O–H groups in total. The molecular weight excluding hydrogens is 322 g/mol. The zero-order valence-electron chi connectivity index (χ0n) is 13.8. The summed E-state index contributed by atoms with van der Waals surface area (Å²) in [6, 6.07) is 6.24. The Bertz CT molecular complexity index is 841. The molecule has 0 aliphatic heterocycles. The van der Waals surface area contributed by atoms with Crippen molar-refractivity contribution in [2.45, 2.75) is 33.2 Å². The van der Waals surface area contributed by atoms with E-state index in [0.29, 0.717) is 5.82 Å². The third-order valence-electron chi connectivity index (χ3n) is 3.79. The highest BCUT2D eigenvalue weighted by atomic mass is 32.1. The molecule has 0 saturated carbocycles. The SMILES string of the molecule is Cc1ccc(C)c(C(C)NC(=O)Cc2csc(-c3ncn[nH]3)n2)c1. The smallest absolute Gasteiger partial charge is 0.226 e. The van der Waals surface area contributed by atoms with Gasteiger partial charge < -0.3 is 5.32 Å². The fourth-order valence-corrected chi connectivity index (χ4v) is 3.33. The molecule has 0 aliphatic carbocycles. The number of H-pyrrole nitrogens is 1. The molecule has 2 aromatic heterocycles. The number of aromatic nitrogens is 4. The predicted molar refractivity (Wildman–Crippen MR) is 93.7 cm³/mol. The third kappa shape index (κ3) is 3.68. The van der Waals surface area contributed by atoms with Gasteiger partial charge in [-0.1, -0.05) is 23.8 Å². The summed E-state index contributed by atoms with van der Waals surface area (Å²) in [7, 11) is 0. The number of amides is 1. The van der Waals surface area contributed by atoms with Gasteiger partial charge in [-0.3, -0.25) is 9.89 Å². The molecule has 1 aromatic carbocycles. The number of hydrogen-bond acceptors (Lipinski definition) is 5. The molecule has 1 atom stereocenters. The topological polar surface area (TPSA) is 83.6 Å². The van der Waals surface area contributed by atoms with Gasteiger partial charge in [0.1, 0.15) is 6.33 Å². The van der Waals surface area contributed by atoms with E-state index in [9.17, 15) is 4.79 Å². The number of rotatable bonds is 5. The molecule has 1 unspecified atom stereocenters. The molecule has 3 rings (SSSR count). The fraction of sp³-hybridized carbons (Fsp3) is 0.294. The molecule has 0 spiro atoms. The average molecular weight is 341 g/mol. The second-order valence-electron chi connectivity index (χ2n) is 5.80. The largest absolute Gasteiger partial charge is 0.349 e. The van der Waals surface area contributed by atoms with Crippen molar-refractivity contribution in [3.63, 3.8) is 0 Å². The van der Waals surface area contributed by atoms with Gasteiger partial charge in [0.15, 0.2) is 10.8 Å². The molecule has 6 nitrogen and oxygen atoms in total. The van der Waals surface area contributed by atoms with Crippen LogP contribution >= 0.6 is 11.3 Å². The van der Waals surface area contributed by atoms with Crippen LogP contribution < -0.4 is 5.32 Å². The molecule has 7 heteroatoms. The number of nitrogens with zero attached hydrogens (tertiary/aromatic N) is 3. The van der Waals surface area contributed by atoms with E-state index >= 15 is 0 Å². The highest BCUT2D eigenvalue weighted by Gasteiger charge is 2.14. The van der Waals surface area contributed by atoms with Crippen LogP contribution in [0.15, 0.2) is 29.9 Å². The molecule has 2 heterocycles. The lowest BCUT2D eigenvalue weighted by Gasteiger charge is -2.17. The van der Waals surface area contributed by atoms with Crippen LogP contribution in [0.4, 0.5) is 0 Å². The number of benzene rings is 1. The van der Waals surface area contributed by atoms with E-state index in [1.165, 1.54) is 28.8 Å². The molecule has 124 valence electrons. The number of carbonyl (C=O) groups excluding carboxylic acids is 1. The number of aryl methyl sites for hydroxylation is 2. The lowest BCUT2D eigenvalue weighted by atomic mass is 10.00. The standard InChI is InChI=1S/C17H19N5OS/c1-10-4-5-11(2)14(6-10)12(3)20-15(23)7-13-8-24-17(21-13)16-18-9-19-22-16/h4-6,8-9,12H,7H2,1-3H3,(H,20,23)(H,18,19,22). The molecule has 3 aromatic rings. The van der Waals surface area contributed by atoms with Crippen molar-refractivity contribution in [1.82, 2.24) is 25.5 Å². The first-order valence-corrected chi connectivity index (χ1v) is 8.57. The molecule has 1 amide bonds. The first-order valence-electron chi connectivity index (χ1n) is 7.69. The second-order valence-corrected chi connectivity index (χ2v) is 6.66. The van der Waals surface area contributed by atoms with E-state index in [1.54, 1.807) is 0 Å². The molecule has 0 saturated heterocycles. The van der Waals surface area contributed by atoms with Crippen LogP contribution in [0.5, 0.6) is 0 Å². The first kappa shape index (κ1) is 16.3. The Morgan fingerprint density at radius 2 is 2.21 bits per heavy atom. The first-order chi connectivity index (χ1) is 11.5. The molecular formula is C17H19N5OS. The second kappa shape index (κ2) is 6.92. The summed E-state index contributed by atoms with van der Waals surface area (Å²) in [6.07, 6.45) is 1.69. The number of carbonyl (C=O) groups is 1. The van der Waals surface area contributed by atoms with E-state index in [1.807, 2.05) is 12.3 Å². The Kier molecular flexibility index (Phi) is 4.71. The Morgan fingerprint density at radius 3 is 2.96 bits per heavy atom. The summed E-state index contributed by atoms with van der Waals surface area (Å²) >= 11 is 1.44. The summed E-state index contributed by atoms with van der Waals surface area (Å²) in [5, 5.41) is 12.2. The highest BCUT2D eigenvalue weighted by molar-refractivity contribution is 7.13. The van der Waals surface area contributed by atoms with Crippen LogP contribution in [0.25, 0.3) is 10.8 Å². The van der Waals surface area contributed by atoms with Gasteiger partial charge in [-0.2, -0.15) is 5.10 Å². The Balaban J connectivity index is 1.64. The number of aromatic amines is 1. The molecule has 24 heavy (non-hydrogen) atoms.